The molecule has 0 radical (unpaired) electrons. The Kier molecular flexibility index (Phi) is 5.70. The summed E-state index contributed by atoms with van der Waals surface area (Å²) in [4.78, 5) is 39.7. The molecule has 0 saturated carbocycles. The first-order valence-corrected chi connectivity index (χ1v) is 10.6. The van der Waals surface area contributed by atoms with E-state index in [4.69, 9.17) is 4.74 Å². The van der Waals surface area contributed by atoms with Crippen LogP contribution < -0.4 is 15.6 Å². The molecule has 1 aliphatic carbocycles. The number of carbonyl (C=O) groups excluding carboxylic acids is 2. The van der Waals surface area contributed by atoms with Gasteiger partial charge in [0.15, 0.2) is 5.78 Å². The number of hydrogen-bond acceptors (Lipinski definition) is 4. The van der Waals surface area contributed by atoms with E-state index < -0.39 is 11.5 Å². The minimum Gasteiger partial charge on any atom is -0.497 e. The summed E-state index contributed by atoms with van der Waals surface area (Å²) in [7, 11) is 1.58. The Morgan fingerprint density at radius 1 is 1.06 bits per heavy atom. The number of benzene rings is 2. The van der Waals surface area contributed by atoms with Gasteiger partial charge in [0.1, 0.15) is 11.3 Å². The molecular weight excluding hydrogens is 404 g/mol. The van der Waals surface area contributed by atoms with E-state index in [1.54, 1.807) is 25.4 Å². The maximum Gasteiger partial charge on any atom is 0.268 e. The third kappa shape index (κ3) is 4.21. The van der Waals surface area contributed by atoms with Gasteiger partial charge < -0.3 is 10.1 Å². The highest BCUT2D eigenvalue weighted by Crippen LogP contribution is 2.35. The molecule has 1 heterocycles. The highest BCUT2D eigenvalue weighted by atomic mass is 16.5. The van der Waals surface area contributed by atoms with E-state index in [9.17, 15) is 14.4 Å². The lowest BCUT2D eigenvalue weighted by molar-refractivity contribution is 0.0909. The standard InChI is InChI=1S/C26H26N2O4/c1-26(2)13-20-21(22(29)14-26)16-28(18-9-5-4-6-10-18)25(31)23(20)24(30)27-15-17-8-7-11-19(12-17)32-3/h4-12,16H,13-15H2,1-3H3,(H,27,30). The Morgan fingerprint density at radius 3 is 2.53 bits per heavy atom. The van der Waals surface area contributed by atoms with E-state index in [0.29, 0.717) is 35.4 Å². The number of aromatic nitrogens is 1. The van der Waals surface area contributed by atoms with Crippen LogP contribution in [0.4, 0.5) is 0 Å². The van der Waals surface area contributed by atoms with Gasteiger partial charge in [0.2, 0.25) is 0 Å². The number of Topliss-reactive ketones (excluding diaryl/α,β-unsaturated/α-hetero) is 1. The maximum absolute atomic E-state index is 13.5. The molecule has 1 amide bonds. The van der Waals surface area contributed by atoms with Crippen LogP contribution in [0.25, 0.3) is 5.69 Å². The molecule has 0 unspecified atom stereocenters. The molecule has 1 aromatic heterocycles. The third-order valence-corrected chi connectivity index (χ3v) is 5.76. The second-order valence-electron chi connectivity index (χ2n) is 8.88. The zero-order valence-corrected chi connectivity index (χ0v) is 18.5. The zero-order chi connectivity index (χ0) is 22.9. The smallest absolute Gasteiger partial charge is 0.268 e. The van der Waals surface area contributed by atoms with Crippen molar-refractivity contribution in [2.75, 3.05) is 7.11 Å². The molecule has 0 saturated heterocycles. The number of ether oxygens (including phenoxy) is 1. The summed E-state index contributed by atoms with van der Waals surface area (Å²) in [6.45, 7) is 4.20. The minimum absolute atomic E-state index is 0.0374. The molecule has 32 heavy (non-hydrogen) atoms. The van der Waals surface area contributed by atoms with Gasteiger partial charge in [-0.05, 0) is 47.2 Å². The Labute approximate surface area is 186 Å². The lowest BCUT2D eigenvalue weighted by atomic mass is 9.73. The lowest BCUT2D eigenvalue weighted by Crippen LogP contribution is -2.38. The van der Waals surface area contributed by atoms with E-state index in [0.717, 1.165) is 5.56 Å². The number of rotatable bonds is 5. The van der Waals surface area contributed by atoms with Crippen molar-refractivity contribution in [3.05, 3.63) is 93.4 Å². The first-order chi connectivity index (χ1) is 15.3. The molecule has 164 valence electrons. The van der Waals surface area contributed by atoms with Crippen LogP contribution in [-0.4, -0.2) is 23.4 Å². The van der Waals surface area contributed by atoms with Gasteiger partial charge in [0.25, 0.3) is 11.5 Å². The fourth-order valence-corrected chi connectivity index (χ4v) is 4.21. The Hall–Kier alpha value is -3.67. The van der Waals surface area contributed by atoms with Crippen molar-refractivity contribution >= 4 is 11.7 Å². The highest BCUT2D eigenvalue weighted by Gasteiger charge is 2.35. The molecule has 1 N–H and O–H groups in total. The van der Waals surface area contributed by atoms with Crippen molar-refractivity contribution in [1.82, 2.24) is 9.88 Å². The summed E-state index contributed by atoms with van der Waals surface area (Å²) < 4.78 is 6.63. The monoisotopic (exact) mass is 430 g/mol. The van der Waals surface area contributed by atoms with Crippen molar-refractivity contribution in [3.63, 3.8) is 0 Å². The molecule has 1 aliphatic rings. The van der Waals surface area contributed by atoms with E-state index in [1.807, 2.05) is 56.3 Å². The molecule has 0 bridgehead atoms. The fourth-order valence-electron chi connectivity index (χ4n) is 4.21. The first kappa shape index (κ1) is 21.6. The second-order valence-corrected chi connectivity index (χ2v) is 8.88. The van der Waals surface area contributed by atoms with Crippen molar-refractivity contribution in [3.8, 4) is 11.4 Å². The molecule has 0 fully saturated rings. The van der Waals surface area contributed by atoms with Crippen LogP contribution in [0, 0.1) is 5.41 Å². The molecule has 4 rings (SSSR count). The maximum atomic E-state index is 13.5. The molecule has 6 heteroatoms. The molecule has 0 aliphatic heterocycles. The van der Waals surface area contributed by atoms with Crippen molar-refractivity contribution in [2.24, 2.45) is 5.41 Å². The van der Waals surface area contributed by atoms with Crippen molar-refractivity contribution < 1.29 is 14.3 Å². The molecule has 3 aromatic rings. The molecule has 2 aromatic carbocycles. The van der Waals surface area contributed by atoms with Gasteiger partial charge in [-0.1, -0.05) is 44.2 Å². The molecular formula is C26H26N2O4. The van der Waals surface area contributed by atoms with E-state index >= 15 is 0 Å². The van der Waals surface area contributed by atoms with Crippen LogP contribution in [0.1, 0.15) is 52.1 Å². The number of para-hydroxylation sites is 1. The number of amides is 1. The highest BCUT2D eigenvalue weighted by molar-refractivity contribution is 6.04. The lowest BCUT2D eigenvalue weighted by Gasteiger charge is -2.31. The zero-order valence-electron chi connectivity index (χ0n) is 18.5. The summed E-state index contributed by atoms with van der Waals surface area (Å²) in [5.74, 6) is 0.153. The van der Waals surface area contributed by atoms with Gasteiger partial charge in [0.05, 0.1) is 7.11 Å². The predicted molar refractivity (Wildman–Crippen MR) is 123 cm³/mol. The van der Waals surface area contributed by atoms with Gasteiger partial charge in [0, 0.05) is 30.4 Å². The van der Waals surface area contributed by atoms with Gasteiger partial charge in [-0.3, -0.25) is 19.0 Å². The topological polar surface area (TPSA) is 77.4 Å². The third-order valence-electron chi connectivity index (χ3n) is 5.76. The van der Waals surface area contributed by atoms with E-state index in [1.165, 1.54) is 4.57 Å². The van der Waals surface area contributed by atoms with Crippen molar-refractivity contribution in [1.29, 1.82) is 0 Å². The molecule has 0 spiro atoms. The number of pyridine rings is 1. The number of ketones is 1. The van der Waals surface area contributed by atoms with Gasteiger partial charge in [-0.15, -0.1) is 0 Å². The summed E-state index contributed by atoms with van der Waals surface area (Å²) in [5, 5.41) is 2.86. The Balaban J connectivity index is 1.78. The number of carbonyl (C=O) groups is 2. The van der Waals surface area contributed by atoms with E-state index in [2.05, 4.69) is 5.32 Å². The van der Waals surface area contributed by atoms with E-state index in [-0.39, 0.29) is 23.3 Å². The van der Waals surface area contributed by atoms with Gasteiger partial charge in [-0.25, -0.2) is 0 Å². The number of nitrogens with one attached hydrogen (secondary N) is 1. The van der Waals surface area contributed by atoms with Crippen LogP contribution in [0.3, 0.4) is 0 Å². The summed E-state index contributed by atoms with van der Waals surface area (Å²) in [6.07, 6.45) is 2.45. The quantitative estimate of drug-likeness (QED) is 0.665. The molecule has 6 nitrogen and oxygen atoms in total. The summed E-state index contributed by atoms with van der Waals surface area (Å²) in [5.41, 5.74) is 1.73. The Morgan fingerprint density at radius 2 is 1.81 bits per heavy atom. The van der Waals surface area contributed by atoms with Gasteiger partial charge >= 0.3 is 0 Å². The molecule has 0 atom stereocenters. The number of nitrogens with zero attached hydrogens (tertiary/aromatic N) is 1. The number of fused-ring (bicyclic) bond motifs is 1. The fraction of sp³-hybridized carbons (Fsp3) is 0.269. The van der Waals surface area contributed by atoms with Crippen molar-refractivity contribution in [2.45, 2.75) is 33.2 Å². The number of hydrogen-bond donors (Lipinski definition) is 1. The van der Waals surface area contributed by atoms with Crippen LogP contribution in [0.2, 0.25) is 0 Å². The van der Waals surface area contributed by atoms with Crippen LogP contribution in [0.15, 0.2) is 65.6 Å². The van der Waals surface area contributed by atoms with Gasteiger partial charge in [-0.2, -0.15) is 0 Å². The van der Waals surface area contributed by atoms with Crippen LogP contribution in [0.5, 0.6) is 5.75 Å². The second kappa shape index (κ2) is 8.46. The normalized spacial score (nSPS) is 14.5. The first-order valence-electron chi connectivity index (χ1n) is 10.6. The van der Waals surface area contributed by atoms with Crippen LogP contribution in [-0.2, 0) is 13.0 Å². The Bertz CT molecular complexity index is 1240. The summed E-state index contributed by atoms with van der Waals surface area (Å²) >= 11 is 0. The minimum atomic E-state index is -0.482. The largest absolute Gasteiger partial charge is 0.497 e. The summed E-state index contributed by atoms with van der Waals surface area (Å²) in [6, 6.07) is 16.4. The van der Waals surface area contributed by atoms with Crippen LogP contribution >= 0.6 is 0 Å². The average Bonchev–Trinajstić information content (AvgIpc) is 2.77. The SMILES string of the molecule is COc1cccc(CNC(=O)c2c3c(cn(-c4ccccc4)c2=O)C(=O)CC(C)(C)C3)c1. The average molecular weight is 431 g/mol. The predicted octanol–water partition coefficient (Wildman–Crippen LogP) is 3.93. The number of methoxy groups -OCH3 is 1.